The van der Waals surface area contributed by atoms with Gasteiger partial charge in [0.1, 0.15) is 5.75 Å². The average Bonchev–Trinajstić information content (AvgIpc) is 2.28. The zero-order chi connectivity index (χ0) is 12.7. The molecule has 0 aromatic heterocycles. The van der Waals surface area contributed by atoms with E-state index in [-0.39, 0.29) is 5.91 Å². The number of hydrogen-bond acceptors (Lipinski definition) is 3. The maximum atomic E-state index is 10.6. The summed E-state index contributed by atoms with van der Waals surface area (Å²) in [6, 6.07) is 5.50. The molecular formula is C12H17ClN2O2. The smallest absolute Gasteiger partial charge is 0.216 e. The minimum atomic E-state index is -0.0212. The lowest BCUT2D eigenvalue weighted by Gasteiger charge is -2.10. The van der Waals surface area contributed by atoms with Crippen LogP contribution in [0.25, 0.3) is 0 Å². The summed E-state index contributed by atoms with van der Waals surface area (Å²) in [6.45, 7) is 3.47. The number of methoxy groups -OCH3 is 1. The van der Waals surface area contributed by atoms with E-state index in [9.17, 15) is 4.79 Å². The van der Waals surface area contributed by atoms with E-state index in [1.807, 2.05) is 12.1 Å². The van der Waals surface area contributed by atoms with Crippen LogP contribution >= 0.6 is 11.6 Å². The fourth-order valence-electron chi connectivity index (χ4n) is 1.44. The van der Waals surface area contributed by atoms with Gasteiger partial charge in [-0.2, -0.15) is 0 Å². The van der Waals surface area contributed by atoms with Gasteiger partial charge in [-0.05, 0) is 18.2 Å². The predicted octanol–water partition coefficient (Wildman–Crippen LogP) is 1.57. The molecule has 0 atom stereocenters. The Morgan fingerprint density at radius 2 is 2.18 bits per heavy atom. The van der Waals surface area contributed by atoms with E-state index in [2.05, 4.69) is 10.6 Å². The van der Waals surface area contributed by atoms with Crippen LogP contribution in [0.1, 0.15) is 12.5 Å². The first-order valence-electron chi connectivity index (χ1n) is 5.41. The summed E-state index contributed by atoms with van der Waals surface area (Å²) >= 11 is 5.92. The van der Waals surface area contributed by atoms with Gasteiger partial charge in [0.25, 0.3) is 0 Å². The molecule has 1 amide bonds. The van der Waals surface area contributed by atoms with Crippen molar-refractivity contribution in [3.8, 4) is 5.75 Å². The van der Waals surface area contributed by atoms with Gasteiger partial charge in [0.05, 0.1) is 7.11 Å². The van der Waals surface area contributed by atoms with Gasteiger partial charge >= 0.3 is 0 Å². The van der Waals surface area contributed by atoms with Crippen molar-refractivity contribution in [2.24, 2.45) is 0 Å². The summed E-state index contributed by atoms with van der Waals surface area (Å²) < 4.78 is 5.23. The Balaban J connectivity index is 2.40. The Bertz CT molecular complexity index is 383. The molecule has 1 aromatic carbocycles. The molecule has 5 heteroatoms. The highest BCUT2D eigenvalue weighted by molar-refractivity contribution is 6.30. The van der Waals surface area contributed by atoms with Crippen molar-refractivity contribution < 1.29 is 9.53 Å². The SMILES string of the molecule is COc1ccc(Cl)cc1CNCCNC(C)=O. The molecule has 17 heavy (non-hydrogen) atoms. The number of amides is 1. The number of rotatable bonds is 6. The van der Waals surface area contributed by atoms with Crippen molar-refractivity contribution in [3.63, 3.8) is 0 Å². The van der Waals surface area contributed by atoms with Gasteiger partial charge in [0, 0.05) is 37.1 Å². The second-order valence-corrected chi connectivity index (χ2v) is 4.05. The Labute approximate surface area is 106 Å². The molecule has 0 heterocycles. The molecule has 94 valence electrons. The van der Waals surface area contributed by atoms with E-state index in [4.69, 9.17) is 16.3 Å². The van der Waals surface area contributed by atoms with E-state index in [1.165, 1.54) is 6.92 Å². The molecule has 1 aromatic rings. The van der Waals surface area contributed by atoms with Crippen LogP contribution in [0.2, 0.25) is 5.02 Å². The topological polar surface area (TPSA) is 50.4 Å². The summed E-state index contributed by atoms with van der Waals surface area (Å²) in [7, 11) is 1.63. The molecule has 1 rings (SSSR count). The van der Waals surface area contributed by atoms with E-state index in [0.29, 0.717) is 24.7 Å². The number of carbonyl (C=O) groups excluding carboxylic acids is 1. The van der Waals surface area contributed by atoms with Crippen LogP contribution in [0.4, 0.5) is 0 Å². The third-order valence-corrected chi connectivity index (χ3v) is 2.47. The molecule has 0 aliphatic rings. The Morgan fingerprint density at radius 3 is 2.82 bits per heavy atom. The minimum Gasteiger partial charge on any atom is -0.496 e. The largest absolute Gasteiger partial charge is 0.496 e. The van der Waals surface area contributed by atoms with Crippen molar-refractivity contribution in [1.29, 1.82) is 0 Å². The summed E-state index contributed by atoms with van der Waals surface area (Å²) in [6.07, 6.45) is 0. The summed E-state index contributed by atoms with van der Waals surface area (Å²) in [5.41, 5.74) is 1.00. The van der Waals surface area contributed by atoms with Crippen LogP contribution in [0, 0.1) is 0 Å². The molecule has 0 bridgehead atoms. The fraction of sp³-hybridized carbons (Fsp3) is 0.417. The number of halogens is 1. The average molecular weight is 257 g/mol. The summed E-state index contributed by atoms with van der Waals surface area (Å²) in [5, 5.41) is 6.60. The van der Waals surface area contributed by atoms with Crippen molar-refractivity contribution in [2.75, 3.05) is 20.2 Å². The second-order valence-electron chi connectivity index (χ2n) is 3.62. The highest BCUT2D eigenvalue weighted by Crippen LogP contribution is 2.22. The van der Waals surface area contributed by atoms with Crippen LogP contribution in [0.3, 0.4) is 0 Å². The zero-order valence-electron chi connectivity index (χ0n) is 10.0. The van der Waals surface area contributed by atoms with Crippen LogP contribution in [-0.2, 0) is 11.3 Å². The maximum Gasteiger partial charge on any atom is 0.216 e. The van der Waals surface area contributed by atoms with Crippen molar-refractivity contribution in [3.05, 3.63) is 28.8 Å². The first-order valence-corrected chi connectivity index (χ1v) is 5.79. The molecule has 2 N–H and O–H groups in total. The Hall–Kier alpha value is -1.26. The lowest BCUT2D eigenvalue weighted by molar-refractivity contribution is -0.118. The normalized spacial score (nSPS) is 10.1. The second kappa shape index (κ2) is 7.14. The zero-order valence-corrected chi connectivity index (χ0v) is 10.8. The van der Waals surface area contributed by atoms with Crippen molar-refractivity contribution in [2.45, 2.75) is 13.5 Å². The number of ether oxygens (including phenoxy) is 1. The first kappa shape index (κ1) is 13.8. The van der Waals surface area contributed by atoms with Gasteiger partial charge in [-0.3, -0.25) is 4.79 Å². The van der Waals surface area contributed by atoms with E-state index < -0.39 is 0 Å². The quantitative estimate of drug-likeness (QED) is 0.760. The monoisotopic (exact) mass is 256 g/mol. The van der Waals surface area contributed by atoms with Gasteiger partial charge in [-0.25, -0.2) is 0 Å². The summed E-state index contributed by atoms with van der Waals surface area (Å²) in [5.74, 6) is 0.786. The van der Waals surface area contributed by atoms with Crippen LogP contribution < -0.4 is 15.4 Å². The van der Waals surface area contributed by atoms with Crippen LogP contribution in [-0.4, -0.2) is 26.1 Å². The minimum absolute atomic E-state index is 0.0212. The molecule has 0 unspecified atom stereocenters. The fourth-order valence-corrected chi connectivity index (χ4v) is 1.63. The molecule has 0 saturated carbocycles. The molecule has 0 aliphatic carbocycles. The lowest BCUT2D eigenvalue weighted by atomic mass is 10.2. The molecule has 0 fully saturated rings. The number of hydrogen-bond donors (Lipinski definition) is 2. The van der Waals surface area contributed by atoms with E-state index in [0.717, 1.165) is 11.3 Å². The van der Waals surface area contributed by atoms with Crippen LogP contribution in [0.15, 0.2) is 18.2 Å². The number of carbonyl (C=O) groups is 1. The van der Waals surface area contributed by atoms with Gasteiger partial charge in [-0.15, -0.1) is 0 Å². The van der Waals surface area contributed by atoms with Crippen molar-refractivity contribution in [1.82, 2.24) is 10.6 Å². The van der Waals surface area contributed by atoms with Crippen molar-refractivity contribution >= 4 is 17.5 Å². The third-order valence-electron chi connectivity index (χ3n) is 2.23. The van der Waals surface area contributed by atoms with Crippen LogP contribution in [0.5, 0.6) is 5.75 Å². The first-order chi connectivity index (χ1) is 8.13. The summed E-state index contributed by atoms with van der Waals surface area (Å²) in [4.78, 5) is 10.6. The van der Waals surface area contributed by atoms with E-state index >= 15 is 0 Å². The van der Waals surface area contributed by atoms with Gasteiger partial charge in [0.15, 0.2) is 0 Å². The molecule has 4 nitrogen and oxygen atoms in total. The molecule has 0 spiro atoms. The predicted molar refractivity (Wildman–Crippen MR) is 68.4 cm³/mol. The van der Waals surface area contributed by atoms with E-state index in [1.54, 1.807) is 13.2 Å². The molecule has 0 saturated heterocycles. The highest BCUT2D eigenvalue weighted by atomic mass is 35.5. The maximum absolute atomic E-state index is 10.6. The Kier molecular flexibility index (Phi) is 5.80. The lowest BCUT2D eigenvalue weighted by Crippen LogP contribution is -2.29. The Morgan fingerprint density at radius 1 is 1.41 bits per heavy atom. The number of benzene rings is 1. The standard InChI is InChI=1S/C12H17ClN2O2/c1-9(16)15-6-5-14-8-10-7-11(13)3-4-12(10)17-2/h3-4,7,14H,5-6,8H2,1-2H3,(H,15,16). The van der Waals surface area contributed by atoms with Gasteiger partial charge < -0.3 is 15.4 Å². The van der Waals surface area contributed by atoms with Gasteiger partial charge in [-0.1, -0.05) is 11.6 Å². The molecular weight excluding hydrogens is 240 g/mol. The third kappa shape index (κ3) is 5.06. The molecule has 0 radical (unpaired) electrons. The highest BCUT2D eigenvalue weighted by Gasteiger charge is 2.03. The number of nitrogens with one attached hydrogen (secondary N) is 2. The molecule has 0 aliphatic heterocycles. The van der Waals surface area contributed by atoms with Gasteiger partial charge in [0.2, 0.25) is 5.91 Å².